The lowest BCUT2D eigenvalue weighted by Gasteiger charge is -2.12. The molecule has 0 aliphatic rings. The first-order chi connectivity index (χ1) is 17.4. The van der Waals surface area contributed by atoms with E-state index in [0.29, 0.717) is 12.1 Å². The van der Waals surface area contributed by atoms with Crippen LogP contribution in [0.4, 0.5) is 5.69 Å². The monoisotopic (exact) mass is 522 g/mol. The highest BCUT2D eigenvalue weighted by Crippen LogP contribution is 2.18. The first-order valence-electron chi connectivity index (χ1n) is 14.7. The van der Waals surface area contributed by atoms with E-state index in [4.69, 9.17) is 0 Å². The van der Waals surface area contributed by atoms with Crippen LogP contribution >= 0.6 is 0 Å². The molecular weight excluding hydrogens is 468 g/mol. The quantitative estimate of drug-likeness (QED) is 0.146. The van der Waals surface area contributed by atoms with E-state index >= 15 is 0 Å². The van der Waals surface area contributed by atoms with Gasteiger partial charge in [-0.3, -0.25) is 4.79 Å². The molecule has 0 radical (unpaired) electrons. The average molecular weight is 523 g/mol. The molecule has 0 unspecified atom stereocenters. The van der Waals surface area contributed by atoms with Crippen molar-refractivity contribution in [2.75, 3.05) is 19.4 Å². The second-order valence-corrected chi connectivity index (χ2v) is 12.6. The number of unbranched alkanes of at least 4 members (excludes halogenated alkanes) is 18. The molecule has 5 nitrogen and oxygen atoms in total. The molecule has 0 aliphatic carbocycles. The maximum absolute atomic E-state index is 12.1. The van der Waals surface area contributed by atoms with E-state index in [1.807, 2.05) is 0 Å². The van der Waals surface area contributed by atoms with Crippen LogP contribution in [-0.2, 0) is 14.8 Å². The summed E-state index contributed by atoms with van der Waals surface area (Å²) in [6, 6.07) is 6.35. The van der Waals surface area contributed by atoms with Crippen LogP contribution < -0.4 is 5.32 Å². The Kier molecular flexibility index (Phi) is 18.7. The number of amides is 1. The fourth-order valence-electron chi connectivity index (χ4n) is 4.51. The molecule has 0 aromatic heterocycles. The highest BCUT2D eigenvalue weighted by molar-refractivity contribution is 7.89. The van der Waals surface area contributed by atoms with Crippen molar-refractivity contribution in [2.24, 2.45) is 0 Å². The minimum absolute atomic E-state index is 0.00908. The van der Waals surface area contributed by atoms with Gasteiger partial charge in [-0.1, -0.05) is 122 Å². The van der Waals surface area contributed by atoms with Crippen molar-refractivity contribution in [3.8, 4) is 0 Å². The van der Waals surface area contributed by atoms with Gasteiger partial charge in [0.2, 0.25) is 15.9 Å². The van der Waals surface area contributed by atoms with Gasteiger partial charge in [-0.05, 0) is 30.7 Å². The number of rotatable bonds is 23. The van der Waals surface area contributed by atoms with Gasteiger partial charge in [0, 0.05) is 26.2 Å². The van der Waals surface area contributed by atoms with E-state index < -0.39 is 10.0 Å². The molecule has 0 saturated carbocycles. The van der Waals surface area contributed by atoms with E-state index in [1.165, 1.54) is 140 Å². The summed E-state index contributed by atoms with van der Waals surface area (Å²) in [4.78, 5) is 12.4. The van der Waals surface area contributed by atoms with Crippen molar-refractivity contribution >= 4 is 21.6 Å². The van der Waals surface area contributed by atoms with Crippen molar-refractivity contribution in [2.45, 2.75) is 140 Å². The summed E-state index contributed by atoms with van der Waals surface area (Å²) < 4.78 is 25.4. The van der Waals surface area contributed by atoms with E-state index in [0.717, 1.165) is 12.8 Å². The number of carbonyl (C=O) groups excluding carboxylic acids is 1. The molecule has 0 fully saturated rings. The van der Waals surface area contributed by atoms with Crippen molar-refractivity contribution in [3.05, 3.63) is 24.3 Å². The number of sulfonamides is 1. The van der Waals surface area contributed by atoms with Crippen molar-refractivity contribution < 1.29 is 13.2 Å². The maximum atomic E-state index is 12.1. The lowest BCUT2D eigenvalue weighted by Crippen LogP contribution is -2.22. The third kappa shape index (κ3) is 15.7. The molecule has 1 aromatic carbocycles. The molecule has 0 bridgehead atoms. The summed E-state index contributed by atoms with van der Waals surface area (Å²) >= 11 is 0. The Morgan fingerprint density at radius 3 is 1.36 bits per heavy atom. The molecule has 1 rings (SSSR count). The number of anilines is 1. The molecule has 0 saturated heterocycles. The van der Waals surface area contributed by atoms with Gasteiger partial charge in [0.05, 0.1) is 4.90 Å². The Labute approximate surface area is 222 Å². The summed E-state index contributed by atoms with van der Waals surface area (Å²) in [6.07, 6.45) is 26.0. The number of nitrogens with one attached hydrogen (secondary N) is 1. The fourth-order valence-corrected chi connectivity index (χ4v) is 5.41. The van der Waals surface area contributed by atoms with E-state index in [-0.39, 0.29) is 10.8 Å². The molecule has 0 spiro atoms. The molecule has 0 aliphatic heterocycles. The summed E-state index contributed by atoms with van der Waals surface area (Å²) in [6.45, 7) is 2.28. The van der Waals surface area contributed by atoms with Crippen LogP contribution in [0.25, 0.3) is 0 Å². The first kappa shape index (κ1) is 32.6. The fraction of sp³-hybridized carbons (Fsp3) is 0.767. The van der Waals surface area contributed by atoms with Crippen LogP contribution in [0.15, 0.2) is 29.2 Å². The second kappa shape index (κ2) is 20.6. The third-order valence-electron chi connectivity index (χ3n) is 6.92. The van der Waals surface area contributed by atoms with Crippen LogP contribution in [0, 0.1) is 0 Å². The maximum Gasteiger partial charge on any atom is 0.242 e. The first-order valence-corrected chi connectivity index (χ1v) is 16.1. The van der Waals surface area contributed by atoms with Gasteiger partial charge in [0.25, 0.3) is 0 Å². The van der Waals surface area contributed by atoms with Gasteiger partial charge < -0.3 is 5.32 Å². The van der Waals surface area contributed by atoms with E-state index in [2.05, 4.69) is 12.2 Å². The van der Waals surface area contributed by atoms with Gasteiger partial charge in [0.15, 0.2) is 0 Å². The minimum atomic E-state index is -3.44. The number of hydrogen-bond acceptors (Lipinski definition) is 3. The number of carbonyl (C=O) groups is 1. The predicted octanol–water partition coefficient (Wildman–Crippen LogP) is 8.70. The predicted molar refractivity (Wildman–Crippen MR) is 154 cm³/mol. The molecule has 1 amide bonds. The minimum Gasteiger partial charge on any atom is -0.326 e. The van der Waals surface area contributed by atoms with Crippen LogP contribution in [0.2, 0.25) is 0 Å². The summed E-state index contributed by atoms with van der Waals surface area (Å²) in [5.41, 5.74) is 0.635. The zero-order valence-electron chi connectivity index (χ0n) is 23.5. The van der Waals surface area contributed by atoms with Crippen LogP contribution in [-0.4, -0.2) is 32.7 Å². The zero-order chi connectivity index (χ0) is 26.5. The van der Waals surface area contributed by atoms with Gasteiger partial charge in [-0.25, -0.2) is 12.7 Å². The van der Waals surface area contributed by atoms with E-state index in [9.17, 15) is 13.2 Å². The SMILES string of the molecule is CCCCCCCCCCCCCCCCCCCCCC(=O)Nc1ccc(S(=O)(=O)N(C)C)cc1. The van der Waals surface area contributed by atoms with Crippen molar-refractivity contribution in [3.63, 3.8) is 0 Å². The lowest BCUT2D eigenvalue weighted by atomic mass is 10.0. The van der Waals surface area contributed by atoms with Crippen LogP contribution in [0.5, 0.6) is 0 Å². The smallest absolute Gasteiger partial charge is 0.242 e. The Hall–Kier alpha value is -1.40. The average Bonchev–Trinajstić information content (AvgIpc) is 2.85. The molecule has 6 heteroatoms. The van der Waals surface area contributed by atoms with Crippen molar-refractivity contribution in [1.82, 2.24) is 4.31 Å². The standard InChI is InChI=1S/C30H54N2O3S/c1-4-5-6-7-8-9-10-11-12-13-14-15-16-17-18-19-20-21-22-23-30(33)31-28-24-26-29(27-25-28)36(34,35)32(2)3/h24-27H,4-23H2,1-3H3,(H,31,33). The molecular formula is C30H54N2O3S. The van der Waals surface area contributed by atoms with E-state index in [1.54, 1.807) is 12.1 Å². The van der Waals surface area contributed by atoms with Gasteiger partial charge in [0.1, 0.15) is 0 Å². The summed E-state index contributed by atoms with van der Waals surface area (Å²) in [5.74, 6) is -0.00908. The van der Waals surface area contributed by atoms with Crippen LogP contribution in [0.1, 0.15) is 135 Å². The Morgan fingerprint density at radius 1 is 0.639 bits per heavy atom. The van der Waals surface area contributed by atoms with Gasteiger partial charge in [-0.15, -0.1) is 0 Å². The summed E-state index contributed by atoms with van der Waals surface area (Å²) in [5, 5.41) is 2.86. The highest BCUT2D eigenvalue weighted by Gasteiger charge is 2.16. The molecule has 1 N–H and O–H groups in total. The number of nitrogens with zero attached hydrogens (tertiary/aromatic N) is 1. The zero-order valence-corrected chi connectivity index (χ0v) is 24.3. The molecule has 0 heterocycles. The second-order valence-electron chi connectivity index (χ2n) is 10.5. The summed E-state index contributed by atoms with van der Waals surface area (Å²) in [7, 11) is -0.433. The molecule has 0 atom stereocenters. The topological polar surface area (TPSA) is 66.5 Å². The lowest BCUT2D eigenvalue weighted by molar-refractivity contribution is -0.116. The Bertz CT molecular complexity index is 776. The number of benzene rings is 1. The Morgan fingerprint density at radius 2 is 1.00 bits per heavy atom. The molecule has 208 valence electrons. The normalized spacial score (nSPS) is 11.8. The molecule has 1 aromatic rings. The van der Waals surface area contributed by atoms with Gasteiger partial charge in [-0.2, -0.15) is 0 Å². The molecule has 36 heavy (non-hydrogen) atoms. The van der Waals surface area contributed by atoms with Crippen molar-refractivity contribution in [1.29, 1.82) is 0 Å². The Balaban J connectivity index is 1.90. The third-order valence-corrected chi connectivity index (χ3v) is 8.75. The van der Waals surface area contributed by atoms with Gasteiger partial charge >= 0.3 is 0 Å². The van der Waals surface area contributed by atoms with Crippen LogP contribution in [0.3, 0.4) is 0 Å². The highest BCUT2D eigenvalue weighted by atomic mass is 32.2. The largest absolute Gasteiger partial charge is 0.326 e. The number of hydrogen-bond donors (Lipinski definition) is 1.